The van der Waals surface area contributed by atoms with Crippen molar-refractivity contribution < 1.29 is 8.42 Å². The minimum atomic E-state index is -3.51. The number of imidazole rings is 1. The Balaban J connectivity index is 2.04. The van der Waals surface area contributed by atoms with Gasteiger partial charge in [0.2, 0.25) is 10.0 Å². The van der Waals surface area contributed by atoms with Crippen LogP contribution in [0, 0.1) is 6.92 Å². The zero-order valence-electron chi connectivity index (χ0n) is 11.5. The molecule has 108 valence electrons. The van der Waals surface area contributed by atoms with E-state index in [0.29, 0.717) is 18.7 Å². The van der Waals surface area contributed by atoms with E-state index in [0.717, 1.165) is 11.4 Å². The van der Waals surface area contributed by atoms with Crippen LogP contribution in [0.2, 0.25) is 0 Å². The summed E-state index contributed by atoms with van der Waals surface area (Å²) < 4.78 is 28.7. The van der Waals surface area contributed by atoms with Crippen molar-refractivity contribution in [3.8, 4) is 0 Å². The Bertz CT molecular complexity index is 707. The maximum Gasteiger partial charge on any atom is 0.240 e. The first-order valence-corrected chi connectivity index (χ1v) is 7.70. The van der Waals surface area contributed by atoms with Crippen LogP contribution in [0.5, 0.6) is 0 Å². The van der Waals surface area contributed by atoms with Gasteiger partial charge in [-0.25, -0.2) is 18.1 Å². The Labute approximate surface area is 118 Å². The summed E-state index contributed by atoms with van der Waals surface area (Å²) in [5.74, 6) is 0.834. The van der Waals surface area contributed by atoms with Gasteiger partial charge in [0.1, 0.15) is 5.82 Å². The molecule has 0 saturated carbocycles. The molecule has 20 heavy (non-hydrogen) atoms. The van der Waals surface area contributed by atoms with Crippen molar-refractivity contribution in [2.45, 2.75) is 18.2 Å². The topological polar surface area (TPSA) is 90.0 Å². The second-order valence-corrected chi connectivity index (χ2v) is 6.39. The SMILES string of the molecule is Cc1cc(S(=O)(=O)NCCc2nccn2C)ccc1N. The lowest BCUT2D eigenvalue weighted by molar-refractivity contribution is 0.580. The number of sulfonamides is 1. The lowest BCUT2D eigenvalue weighted by Gasteiger charge is -2.08. The van der Waals surface area contributed by atoms with Gasteiger partial charge in [-0.2, -0.15) is 0 Å². The second kappa shape index (κ2) is 5.64. The van der Waals surface area contributed by atoms with Gasteiger partial charge in [-0.05, 0) is 30.7 Å². The Kier molecular flexibility index (Phi) is 4.10. The van der Waals surface area contributed by atoms with Crippen molar-refractivity contribution in [2.24, 2.45) is 7.05 Å². The molecular weight excluding hydrogens is 276 g/mol. The van der Waals surface area contributed by atoms with E-state index in [1.54, 1.807) is 25.3 Å². The molecule has 2 aromatic rings. The minimum Gasteiger partial charge on any atom is -0.399 e. The average molecular weight is 294 g/mol. The summed E-state index contributed by atoms with van der Waals surface area (Å²) in [5.41, 5.74) is 7.01. The molecular formula is C13H18N4O2S. The van der Waals surface area contributed by atoms with Crippen LogP contribution in [0.3, 0.4) is 0 Å². The smallest absolute Gasteiger partial charge is 0.240 e. The summed E-state index contributed by atoms with van der Waals surface area (Å²) >= 11 is 0. The molecule has 7 heteroatoms. The van der Waals surface area contributed by atoms with Gasteiger partial charge in [0, 0.05) is 38.1 Å². The minimum absolute atomic E-state index is 0.226. The summed E-state index contributed by atoms with van der Waals surface area (Å²) in [5, 5.41) is 0. The van der Waals surface area contributed by atoms with E-state index >= 15 is 0 Å². The number of nitrogens with zero attached hydrogens (tertiary/aromatic N) is 2. The molecule has 0 atom stereocenters. The summed E-state index contributed by atoms with van der Waals surface area (Å²) in [6.45, 7) is 2.08. The Morgan fingerprint density at radius 1 is 1.40 bits per heavy atom. The molecule has 6 nitrogen and oxygen atoms in total. The lowest BCUT2D eigenvalue weighted by atomic mass is 10.2. The number of rotatable bonds is 5. The third kappa shape index (κ3) is 3.17. The number of nitrogens with one attached hydrogen (secondary N) is 1. The molecule has 0 amide bonds. The first kappa shape index (κ1) is 14.5. The van der Waals surface area contributed by atoms with Crippen LogP contribution >= 0.6 is 0 Å². The van der Waals surface area contributed by atoms with Crippen molar-refractivity contribution in [1.82, 2.24) is 14.3 Å². The van der Waals surface area contributed by atoms with Crippen LogP contribution in [0.25, 0.3) is 0 Å². The van der Waals surface area contributed by atoms with Crippen molar-refractivity contribution in [1.29, 1.82) is 0 Å². The highest BCUT2D eigenvalue weighted by molar-refractivity contribution is 7.89. The van der Waals surface area contributed by atoms with E-state index in [-0.39, 0.29) is 4.90 Å². The number of aryl methyl sites for hydroxylation is 2. The molecule has 3 N–H and O–H groups in total. The molecule has 1 heterocycles. The fourth-order valence-corrected chi connectivity index (χ4v) is 2.95. The Morgan fingerprint density at radius 3 is 2.75 bits per heavy atom. The normalized spacial score (nSPS) is 11.7. The van der Waals surface area contributed by atoms with E-state index in [1.165, 1.54) is 6.07 Å². The van der Waals surface area contributed by atoms with Crippen LogP contribution in [-0.2, 0) is 23.5 Å². The van der Waals surface area contributed by atoms with Gasteiger partial charge in [-0.1, -0.05) is 0 Å². The predicted molar refractivity (Wildman–Crippen MR) is 77.7 cm³/mol. The molecule has 1 aromatic heterocycles. The van der Waals surface area contributed by atoms with E-state index in [1.807, 2.05) is 17.8 Å². The van der Waals surface area contributed by atoms with Crippen LogP contribution < -0.4 is 10.5 Å². The monoisotopic (exact) mass is 294 g/mol. The quantitative estimate of drug-likeness (QED) is 0.799. The lowest BCUT2D eigenvalue weighted by Crippen LogP contribution is -2.26. The highest BCUT2D eigenvalue weighted by atomic mass is 32.2. The summed E-state index contributed by atoms with van der Waals surface area (Å²) in [6.07, 6.45) is 4.05. The fraction of sp³-hybridized carbons (Fsp3) is 0.308. The van der Waals surface area contributed by atoms with Crippen LogP contribution in [0.1, 0.15) is 11.4 Å². The molecule has 0 aliphatic carbocycles. The molecule has 0 bridgehead atoms. The van der Waals surface area contributed by atoms with Gasteiger partial charge in [-0.15, -0.1) is 0 Å². The Hall–Kier alpha value is -1.86. The van der Waals surface area contributed by atoms with Crippen molar-refractivity contribution in [3.63, 3.8) is 0 Å². The van der Waals surface area contributed by atoms with E-state index in [9.17, 15) is 8.42 Å². The molecule has 0 aliphatic heterocycles. The standard InChI is InChI=1S/C13H18N4O2S/c1-10-9-11(3-4-12(10)14)20(18,19)16-6-5-13-15-7-8-17(13)2/h3-4,7-9,16H,5-6,14H2,1-2H3. The number of aromatic nitrogens is 2. The van der Waals surface area contributed by atoms with Crippen molar-refractivity contribution in [3.05, 3.63) is 42.0 Å². The highest BCUT2D eigenvalue weighted by Gasteiger charge is 2.14. The first-order chi connectivity index (χ1) is 9.40. The predicted octanol–water partition coefficient (Wildman–Crippen LogP) is 0.832. The Morgan fingerprint density at radius 2 is 2.15 bits per heavy atom. The van der Waals surface area contributed by atoms with Crippen LogP contribution in [0.15, 0.2) is 35.5 Å². The van der Waals surface area contributed by atoms with Gasteiger partial charge in [0.05, 0.1) is 4.90 Å². The molecule has 0 unspecified atom stereocenters. The van der Waals surface area contributed by atoms with Gasteiger partial charge >= 0.3 is 0 Å². The zero-order chi connectivity index (χ0) is 14.8. The molecule has 2 rings (SSSR count). The van der Waals surface area contributed by atoms with Crippen molar-refractivity contribution >= 4 is 15.7 Å². The number of hydrogen-bond acceptors (Lipinski definition) is 4. The van der Waals surface area contributed by atoms with E-state index in [2.05, 4.69) is 9.71 Å². The summed E-state index contributed by atoms with van der Waals surface area (Å²) in [6, 6.07) is 4.67. The molecule has 0 fully saturated rings. The highest BCUT2D eigenvalue weighted by Crippen LogP contribution is 2.16. The number of nitrogen functional groups attached to an aromatic ring is 1. The maximum absolute atomic E-state index is 12.1. The largest absolute Gasteiger partial charge is 0.399 e. The third-order valence-corrected chi connectivity index (χ3v) is 4.57. The zero-order valence-corrected chi connectivity index (χ0v) is 12.3. The van der Waals surface area contributed by atoms with Crippen molar-refractivity contribution in [2.75, 3.05) is 12.3 Å². The number of anilines is 1. The number of hydrogen-bond donors (Lipinski definition) is 2. The fourth-order valence-electron chi connectivity index (χ4n) is 1.83. The first-order valence-electron chi connectivity index (χ1n) is 6.22. The molecule has 0 saturated heterocycles. The molecule has 0 aliphatic rings. The van der Waals surface area contributed by atoms with Crippen LogP contribution in [-0.4, -0.2) is 24.5 Å². The van der Waals surface area contributed by atoms with Gasteiger partial charge in [0.25, 0.3) is 0 Å². The van der Waals surface area contributed by atoms with Gasteiger partial charge in [0.15, 0.2) is 0 Å². The van der Waals surface area contributed by atoms with E-state index < -0.39 is 10.0 Å². The maximum atomic E-state index is 12.1. The van der Waals surface area contributed by atoms with Gasteiger partial charge < -0.3 is 10.3 Å². The molecule has 0 radical (unpaired) electrons. The number of nitrogens with two attached hydrogens (primary N) is 1. The van der Waals surface area contributed by atoms with E-state index in [4.69, 9.17) is 5.73 Å². The number of benzene rings is 1. The average Bonchev–Trinajstić information content (AvgIpc) is 2.78. The summed E-state index contributed by atoms with van der Waals surface area (Å²) in [7, 11) is -1.63. The molecule has 0 spiro atoms. The second-order valence-electron chi connectivity index (χ2n) is 4.62. The van der Waals surface area contributed by atoms with Gasteiger partial charge in [-0.3, -0.25) is 0 Å². The van der Waals surface area contributed by atoms with Crippen LogP contribution in [0.4, 0.5) is 5.69 Å². The summed E-state index contributed by atoms with van der Waals surface area (Å²) in [4.78, 5) is 4.37. The molecule has 1 aromatic carbocycles. The third-order valence-electron chi connectivity index (χ3n) is 3.11.